The van der Waals surface area contributed by atoms with Gasteiger partial charge in [-0.25, -0.2) is 4.39 Å². The maximum atomic E-state index is 12.5. The highest BCUT2D eigenvalue weighted by molar-refractivity contribution is 9.10. The predicted octanol–water partition coefficient (Wildman–Crippen LogP) is 4.29. The van der Waals surface area contributed by atoms with Gasteiger partial charge in [-0.05, 0) is 36.8 Å². The molecule has 3 heteroatoms. The fourth-order valence-electron chi connectivity index (χ4n) is 1.01. The molecule has 0 aliphatic rings. The van der Waals surface area contributed by atoms with Crippen LogP contribution in [0.25, 0.3) is 0 Å². The molecular weight excluding hydrogens is 271 g/mol. The van der Waals surface area contributed by atoms with Crippen LogP contribution in [0, 0.1) is 12.7 Å². The maximum absolute atomic E-state index is 12.5. The standard InChI is InChI=1S/C7H6BrF.C6H6O/c1-5-6(8)3-2-4-7(5)9;7-6-4-2-1-3-5-6/h2-4H,1H3;1-5,7H. The largest absolute Gasteiger partial charge is 0.508 e. The van der Waals surface area contributed by atoms with Crippen molar-refractivity contribution in [1.29, 1.82) is 0 Å². The summed E-state index contributed by atoms with van der Waals surface area (Å²) in [5.41, 5.74) is 0.664. The lowest BCUT2D eigenvalue weighted by Gasteiger charge is -1.95. The van der Waals surface area contributed by atoms with Crippen LogP contribution in [0.3, 0.4) is 0 Å². The molecule has 0 aromatic heterocycles. The first-order valence-electron chi connectivity index (χ1n) is 4.76. The molecule has 1 N–H and O–H groups in total. The highest BCUT2D eigenvalue weighted by atomic mass is 79.9. The van der Waals surface area contributed by atoms with E-state index in [0.717, 1.165) is 4.47 Å². The number of rotatable bonds is 0. The zero-order valence-electron chi connectivity index (χ0n) is 8.82. The summed E-state index contributed by atoms with van der Waals surface area (Å²) in [6, 6.07) is 13.6. The van der Waals surface area contributed by atoms with Gasteiger partial charge in [0.25, 0.3) is 0 Å². The predicted molar refractivity (Wildman–Crippen MR) is 66.9 cm³/mol. The van der Waals surface area contributed by atoms with Gasteiger partial charge < -0.3 is 5.11 Å². The van der Waals surface area contributed by atoms with Crippen molar-refractivity contribution in [3.8, 4) is 5.75 Å². The fraction of sp³-hybridized carbons (Fsp3) is 0.0769. The molecule has 0 heterocycles. The van der Waals surface area contributed by atoms with Gasteiger partial charge in [0, 0.05) is 4.47 Å². The van der Waals surface area contributed by atoms with E-state index in [2.05, 4.69) is 15.9 Å². The molecule has 0 spiro atoms. The third-order valence-corrected chi connectivity index (χ3v) is 2.82. The molecule has 16 heavy (non-hydrogen) atoms. The number of hydrogen-bond donors (Lipinski definition) is 1. The van der Waals surface area contributed by atoms with Crippen LogP contribution in [0.15, 0.2) is 53.0 Å². The van der Waals surface area contributed by atoms with Gasteiger partial charge in [0.05, 0.1) is 0 Å². The molecule has 0 amide bonds. The van der Waals surface area contributed by atoms with Crippen molar-refractivity contribution in [2.24, 2.45) is 0 Å². The lowest BCUT2D eigenvalue weighted by molar-refractivity contribution is 0.475. The van der Waals surface area contributed by atoms with E-state index in [-0.39, 0.29) is 5.82 Å². The van der Waals surface area contributed by atoms with Crippen molar-refractivity contribution >= 4 is 15.9 Å². The first-order chi connectivity index (χ1) is 7.61. The van der Waals surface area contributed by atoms with Crippen molar-refractivity contribution in [3.63, 3.8) is 0 Å². The first-order valence-corrected chi connectivity index (χ1v) is 5.55. The molecule has 0 saturated heterocycles. The van der Waals surface area contributed by atoms with E-state index in [1.165, 1.54) is 6.07 Å². The van der Waals surface area contributed by atoms with Crippen molar-refractivity contribution in [3.05, 3.63) is 64.4 Å². The lowest BCUT2D eigenvalue weighted by Crippen LogP contribution is -1.80. The second kappa shape index (κ2) is 6.28. The smallest absolute Gasteiger partial charge is 0.127 e. The topological polar surface area (TPSA) is 20.2 Å². The van der Waals surface area contributed by atoms with Crippen molar-refractivity contribution in [1.82, 2.24) is 0 Å². The Morgan fingerprint density at radius 1 is 1.00 bits per heavy atom. The molecule has 0 radical (unpaired) electrons. The van der Waals surface area contributed by atoms with Crippen LogP contribution in [0.1, 0.15) is 5.56 Å². The van der Waals surface area contributed by atoms with Crippen LogP contribution in [0.4, 0.5) is 4.39 Å². The summed E-state index contributed by atoms with van der Waals surface area (Å²) in [4.78, 5) is 0. The Morgan fingerprint density at radius 3 is 2.00 bits per heavy atom. The molecule has 0 aliphatic heterocycles. The van der Waals surface area contributed by atoms with Crippen LogP contribution in [0.5, 0.6) is 5.75 Å². The Kier molecular flexibility index (Phi) is 4.99. The van der Waals surface area contributed by atoms with E-state index in [0.29, 0.717) is 11.3 Å². The Hall–Kier alpha value is -1.35. The third kappa shape index (κ3) is 4.03. The van der Waals surface area contributed by atoms with E-state index in [4.69, 9.17) is 5.11 Å². The van der Waals surface area contributed by atoms with E-state index in [9.17, 15) is 4.39 Å². The Bertz CT molecular complexity index is 423. The molecule has 0 aliphatic carbocycles. The zero-order chi connectivity index (χ0) is 12.0. The lowest BCUT2D eigenvalue weighted by atomic mass is 10.2. The molecule has 2 aromatic carbocycles. The van der Waals surface area contributed by atoms with E-state index in [1.807, 2.05) is 12.1 Å². The monoisotopic (exact) mass is 282 g/mol. The van der Waals surface area contributed by atoms with E-state index >= 15 is 0 Å². The van der Waals surface area contributed by atoms with Crippen molar-refractivity contribution in [2.45, 2.75) is 6.92 Å². The Balaban J connectivity index is 0.000000165. The minimum Gasteiger partial charge on any atom is -0.508 e. The number of halogens is 2. The molecule has 0 unspecified atom stereocenters. The van der Waals surface area contributed by atoms with Crippen LogP contribution in [-0.4, -0.2) is 5.11 Å². The Morgan fingerprint density at radius 2 is 1.62 bits per heavy atom. The highest BCUT2D eigenvalue weighted by Gasteiger charge is 1.97. The summed E-state index contributed by atoms with van der Waals surface area (Å²) in [5, 5.41) is 8.63. The maximum Gasteiger partial charge on any atom is 0.127 e. The van der Waals surface area contributed by atoms with Crippen LogP contribution in [0.2, 0.25) is 0 Å². The second-order valence-electron chi connectivity index (χ2n) is 3.18. The molecule has 2 aromatic rings. The third-order valence-electron chi connectivity index (χ3n) is 1.96. The van der Waals surface area contributed by atoms with Crippen LogP contribution >= 0.6 is 15.9 Å². The number of para-hydroxylation sites is 1. The van der Waals surface area contributed by atoms with Crippen LogP contribution < -0.4 is 0 Å². The summed E-state index contributed by atoms with van der Waals surface area (Å²) in [7, 11) is 0. The van der Waals surface area contributed by atoms with Crippen molar-refractivity contribution in [2.75, 3.05) is 0 Å². The Labute approximate surface area is 103 Å². The van der Waals surface area contributed by atoms with Gasteiger partial charge in [-0.15, -0.1) is 0 Å². The summed E-state index contributed by atoms with van der Waals surface area (Å²) in [6.45, 7) is 1.74. The molecule has 1 nitrogen and oxygen atoms in total. The average Bonchev–Trinajstić information content (AvgIpc) is 2.28. The summed E-state index contributed by atoms with van der Waals surface area (Å²) in [6.07, 6.45) is 0. The molecule has 0 atom stereocenters. The summed E-state index contributed by atoms with van der Waals surface area (Å²) in [5.74, 6) is 0.159. The molecule has 84 valence electrons. The van der Waals surface area contributed by atoms with Gasteiger partial charge in [-0.1, -0.05) is 40.2 Å². The molecule has 2 rings (SSSR count). The normalized spacial score (nSPS) is 9.19. The van der Waals surface area contributed by atoms with Gasteiger partial charge in [0.15, 0.2) is 0 Å². The molecule has 0 bridgehead atoms. The first kappa shape index (κ1) is 12.7. The van der Waals surface area contributed by atoms with E-state index in [1.54, 1.807) is 37.3 Å². The highest BCUT2D eigenvalue weighted by Crippen LogP contribution is 2.17. The summed E-state index contributed by atoms with van der Waals surface area (Å²) < 4.78 is 13.4. The minimum absolute atomic E-state index is 0.163. The van der Waals surface area contributed by atoms with Gasteiger partial charge >= 0.3 is 0 Å². The van der Waals surface area contributed by atoms with Gasteiger partial charge in [-0.2, -0.15) is 0 Å². The van der Waals surface area contributed by atoms with Gasteiger partial charge in [-0.3, -0.25) is 0 Å². The van der Waals surface area contributed by atoms with E-state index < -0.39 is 0 Å². The summed E-state index contributed by atoms with van der Waals surface area (Å²) >= 11 is 3.21. The average molecular weight is 283 g/mol. The quantitative estimate of drug-likeness (QED) is 0.764. The van der Waals surface area contributed by atoms with Crippen LogP contribution in [-0.2, 0) is 0 Å². The molecular formula is C13H12BrFO. The van der Waals surface area contributed by atoms with Crippen molar-refractivity contribution < 1.29 is 9.50 Å². The van der Waals surface area contributed by atoms with Gasteiger partial charge in [0.1, 0.15) is 11.6 Å². The fourth-order valence-corrected chi connectivity index (χ4v) is 1.35. The zero-order valence-corrected chi connectivity index (χ0v) is 10.4. The number of phenols is 1. The number of hydrogen-bond acceptors (Lipinski definition) is 1. The number of benzene rings is 2. The minimum atomic E-state index is -0.163. The second-order valence-corrected chi connectivity index (χ2v) is 4.04. The molecule has 0 saturated carbocycles. The SMILES string of the molecule is Cc1c(F)cccc1Br.Oc1ccccc1. The number of aromatic hydroxyl groups is 1. The molecule has 0 fully saturated rings. The number of phenolic OH excluding ortho intramolecular Hbond substituents is 1. The van der Waals surface area contributed by atoms with Gasteiger partial charge in [0.2, 0.25) is 0 Å².